The Balaban J connectivity index is 1.88. The van der Waals surface area contributed by atoms with Gasteiger partial charge >= 0.3 is 0 Å². The third-order valence-corrected chi connectivity index (χ3v) is 3.21. The van der Waals surface area contributed by atoms with E-state index >= 15 is 0 Å². The van der Waals surface area contributed by atoms with Gasteiger partial charge in [0.25, 0.3) is 0 Å². The predicted octanol–water partition coefficient (Wildman–Crippen LogP) is 2.16. The zero-order valence-corrected chi connectivity index (χ0v) is 12.0. The second-order valence-corrected chi connectivity index (χ2v) is 5.10. The van der Waals surface area contributed by atoms with Crippen molar-refractivity contribution in [2.24, 2.45) is 0 Å². The van der Waals surface area contributed by atoms with E-state index in [1.54, 1.807) is 10.9 Å². The predicted molar refractivity (Wildman–Crippen MR) is 80.2 cm³/mol. The van der Waals surface area contributed by atoms with Crippen molar-refractivity contribution >= 4 is 0 Å². The molecule has 0 amide bonds. The average Bonchev–Trinajstić information content (AvgIpc) is 2.93. The lowest BCUT2D eigenvalue weighted by Gasteiger charge is -2.24. The molecule has 0 saturated heterocycles. The third-order valence-electron chi connectivity index (χ3n) is 3.21. The van der Waals surface area contributed by atoms with E-state index in [1.807, 2.05) is 18.3 Å². The highest BCUT2D eigenvalue weighted by Gasteiger charge is 2.12. The number of rotatable bonds is 8. The number of aliphatic hydroxyl groups excluding tert-OH is 1. The third kappa shape index (κ3) is 4.79. The fourth-order valence-electron chi connectivity index (χ4n) is 2.37. The molecule has 1 heterocycles. The van der Waals surface area contributed by atoms with Crippen molar-refractivity contribution in [2.75, 3.05) is 13.1 Å². The van der Waals surface area contributed by atoms with Crippen LogP contribution >= 0.6 is 0 Å². The Bertz CT molecular complexity index is 470. The van der Waals surface area contributed by atoms with Gasteiger partial charge in [-0.1, -0.05) is 37.3 Å². The largest absolute Gasteiger partial charge is 0.390 e. The Morgan fingerprint density at radius 1 is 1.25 bits per heavy atom. The maximum absolute atomic E-state index is 10.2. The minimum absolute atomic E-state index is 0.398. The Kier molecular flexibility index (Phi) is 5.77. The van der Waals surface area contributed by atoms with Gasteiger partial charge in [0.05, 0.1) is 12.6 Å². The lowest BCUT2D eigenvalue weighted by Crippen LogP contribution is -2.35. The monoisotopic (exact) mass is 273 g/mol. The van der Waals surface area contributed by atoms with E-state index in [0.29, 0.717) is 13.1 Å². The van der Waals surface area contributed by atoms with Gasteiger partial charge in [-0.2, -0.15) is 5.10 Å². The molecule has 2 rings (SSSR count). The molecule has 0 unspecified atom stereocenters. The van der Waals surface area contributed by atoms with E-state index in [-0.39, 0.29) is 0 Å². The van der Waals surface area contributed by atoms with Crippen molar-refractivity contribution in [2.45, 2.75) is 32.5 Å². The second-order valence-electron chi connectivity index (χ2n) is 5.10. The second kappa shape index (κ2) is 7.82. The molecule has 1 aromatic heterocycles. The molecule has 2 aromatic rings. The minimum Gasteiger partial charge on any atom is -0.390 e. The summed E-state index contributed by atoms with van der Waals surface area (Å²) in [7, 11) is 0. The number of nitrogens with zero attached hydrogens (tertiary/aromatic N) is 3. The number of aliphatic hydroxyl groups is 1. The summed E-state index contributed by atoms with van der Waals surface area (Å²) in [5, 5.41) is 14.3. The molecule has 0 radical (unpaired) electrons. The smallest absolute Gasteiger partial charge is 0.0862 e. The van der Waals surface area contributed by atoms with Crippen LogP contribution in [0.4, 0.5) is 0 Å². The quantitative estimate of drug-likeness (QED) is 0.801. The van der Waals surface area contributed by atoms with Gasteiger partial charge in [0, 0.05) is 25.5 Å². The summed E-state index contributed by atoms with van der Waals surface area (Å²) < 4.78 is 1.78. The van der Waals surface area contributed by atoms with Crippen molar-refractivity contribution in [3.05, 3.63) is 54.4 Å². The van der Waals surface area contributed by atoms with Crippen LogP contribution in [0.2, 0.25) is 0 Å². The lowest BCUT2D eigenvalue weighted by molar-refractivity contribution is 0.0914. The first-order valence-electron chi connectivity index (χ1n) is 7.19. The zero-order chi connectivity index (χ0) is 14.2. The number of hydrogen-bond donors (Lipinski definition) is 1. The molecule has 0 spiro atoms. The highest BCUT2D eigenvalue weighted by molar-refractivity contribution is 5.14. The van der Waals surface area contributed by atoms with Crippen molar-refractivity contribution in [3.63, 3.8) is 0 Å². The van der Waals surface area contributed by atoms with Crippen LogP contribution in [0, 0.1) is 0 Å². The number of benzene rings is 1. The van der Waals surface area contributed by atoms with E-state index in [1.165, 1.54) is 5.56 Å². The van der Waals surface area contributed by atoms with Gasteiger partial charge in [0.2, 0.25) is 0 Å². The number of aromatic nitrogens is 2. The summed E-state index contributed by atoms with van der Waals surface area (Å²) in [5.74, 6) is 0. The van der Waals surface area contributed by atoms with Crippen molar-refractivity contribution in [1.82, 2.24) is 14.7 Å². The molecular weight excluding hydrogens is 250 g/mol. The van der Waals surface area contributed by atoms with Crippen molar-refractivity contribution in [3.8, 4) is 0 Å². The van der Waals surface area contributed by atoms with Gasteiger partial charge in [-0.3, -0.25) is 9.58 Å². The summed E-state index contributed by atoms with van der Waals surface area (Å²) in [6.45, 7) is 5.25. The Labute approximate surface area is 120 Å². The number of hydrogen-bond acceptors (Lipinski definition) is 3. The fraction of sp³-hybridized carbons (Fsp3) is 0.438. The first-order valence-corrected chi connectivity index (χ1v) is 7.19. The minimum atomic E-state index is -0.398. The van der Waals surface area contributed by atoms with E-state index in [0.717, 1.165) is 19.5 Å². The average molecular weight is 273 g/mol. The highest BCUT2D eigenvalue weighted by atomic mass is 16.3. The van der Waals surface area contributed by atoms with Crippen LogP contribution in [0.15, 0.2) is 48.8 Å². The Hall–Kier alpha value is -1.65. The molecule has 0 saturated carbocycles. The summed E-state index contributed by atoms with van der Waals surface area (Å²) in [4.78, 5) is 2.30. The molecule has 1 aromatic carbocycles. The first-order chi connectivity index (χ1) is 9.78. The lowest BCUT2D eigenvalue weighted by atomic mass is 10.2. The Morgan fingerprint density at radius 3 is 2.70 bits per heavy atom. The molecule has 0 aliphatic heterocycles. The summed E-state index contributed by atoms with van der Waals surface area (Å²) in [6, 6.07) is 12.3. The molecule has 0 aliphatic carbocycles. The summed E-state index contributed by atoms with van der Waals surface area (Å²) in [5.41, 5.74) is 1.28. The maximum atomic E-state index is 10.2. The maximum Gasteiger partial charge on any atom is 0.0862 e. The summed E-state index contributed by atoms with van der Waals surface area (Å²) in [6.07, 6.45) is 4.30. The molecule has 0 aliphatic rings. The van der Waals surface area contributed by atoms with Crippen LogP contribution in [0.25, 0.3) is 0 Å². The van der Waals surface area contributed by atoms with Crippen LogP contribution in [0.1, 0.15) is 18.9 Å². The van der Waals surface area contributed by atoms with Gasteiger partial charge < -0.3 is 5.11 Å². The van der Waals surface area contributed by atoms with Crippen LogP contribution in [-0.4, -0.2) is 39.0 Å². The molecule has 4 heteroatoms. The topological polar surface area (TPSA) is 41.3 Å². The van der Waals surface area contributed by atoms with Gasteiger partial charge in [0.15, 0.2) is 0 Å². The highest BCUT2D eigenvalue weighted by Crippen LogP contribution is 2.06. The fourth-order valence-corrected chi connectivity index (χ4v) is 2.37. The molecule has 1 atom stereocenters. The molecule has 0 bridgehead atoms. The van der Waals surface area contributed by atoms with Crippen LogP contribution in [0.3, 0.4) is 0 Å². The van der Waals surface area contributed by atoms with Crippen molar-refractivity contribution < 1.29 is 5.11 Å². The van der Waals surface area contributed by atoms with Crippen LogP contribution in [0.5, 0.6) is 0 Å². The molecular formula is C16H23N3O. The standard InChI is InChI=1S/C16H23N3O/c1-2-10-18(12-15-7-4-3-5-8-15)13-16(20)14-19-11-6-9-17-19/h3-9,11,16,20H,2,10,12-14H2,1H3/t16-/m0/s1. The van der Waals surface area contributed by atoms with Crippen LogP contribution in [-0.2, 0) is 13.1 Å². The van der Waals surface area contributed by atoms with E-state index in [2.05, 4.69) is 41.2 Å². The molecule has 20 heavy (non-hydrogen) atoms. The molecule has 0 fully saturated rings. The van der Waals surface area contributed by atoms with Crippen molar-refractivity contribution in [1.29, 1.82) is 0 Å². The van der Waals surface area contributed by atoms with Gasteiger partial charge in [0.1, 0.15) is 0 Å². The first kappa shape index (κ1) is 14.8. The van der Waals surface area contributed by atoms with Gasteiger partial charge in [-0.15, -0.1) is 0 Å². The van der Waals surface area contributed by atoms with Gasteiger partial charge in [-0.05, 0) is 24.6 Å². The van der Waals surface area contributed by atoms with Gasteiger partial charge in [-0.25, -0.2) is 0 Å². The van der Waals surface area contributed by atoms with Crippen LogP contribution < -0.4 is 0 Å². The van der Waals surface area contributed by atoms with E-state index in [4.69, 9.17) is 0 Å². The normalized spacial score (nSPS) is 12.8. The Morgan fingerprint density at radius 2 is 2.05 bits per heavy atom. The molecule has 1 N–H and O–H groups in total. The SMILES string of the molecule is CCCN(Cc1ccccc1)C[C@H](O)Cn1cccn1. The zero-order valence-electron chi connectivity index (χ0n) is 12.0. The summed E-state index contributed by atoms with van der Waals surface area (Å²) >= 11 is 0. The molecule has 108 valence electrons. The molecule has 4 nitrogen and oxygen atoms in total. The van der Waals surface area contributed by atoms with E-state index in [9.17, 15) is 5.11 Å². The van der Waals surface area contributed by atoms with E-state index < -0.39 is 6.10 Å².